The number of hydrogen-bond donors (Lipinski definition) is 0. The third kappa shape index (κ3) is 3.08. The largest absolute Gasteiger partial charge is 0.301 e. The number of hydrogen-bond acceptors (Lipinski definition) is 4. The molecule has 1 heterocycles. The predicted molar refractivity (Wildman–Crippen MR) is 86.8 cm³/mol. The van der Waals surface area contributed by atoms with Crippen LogP contribution in [-0.4, -0.2) is 28.3 Å². The van der Waals surface area contributed by atoms with E-state index in [4.69, 9.17) is 0 Å². The van der Waals surface area contributed by atoms with E-state index in [-0.39, 0.29) is 5.37 Å². The van der Waals surface area contributed by atoms with E-state index in [0.29, 0.717) is 0 Å². The quantitative estimate of drug-likeness (QED) is 0.629. The SMILES string of the molecule is O=CC1SCCN1Sc1ccc(-c2ccccc2)cc1. The first-order valence-corrected chi connectivity index (χ1v) is 8.36. The van der Waals surface area contributed by atoms with Crippen LogP contribution < -0.4 is 0 Å². The molecule has 0 N–H and O–H groups in total. The number of thioether (sulfide) groups is 1. The lowest BCUT2D eigenvalue weighted by Crippen LogP contribution is -2.21. The summed E-state index contributed by atoms with van der Waals surface area (Å²) in [5, 5.41) is -0.00574. The van der Waals surface area contributed by atoms with Gasteiger partial charge in [0, 0.05) is 17.2 Å². The molecular formula is C16H15NOS2. The van der Waals surface area contributed by atoms with Crippen molar-refractivity contribution < 1.29 is 4.79 Å². The van der Waals surface area contributed by atoms with Crippen LogP contribution in [0.5, 0.6) is 0 Å². The van der Waals surface area contributed by atoms with Crippen LogP contribution in [0.2, 0.25) is 0 Å². The van der Waals surface area contributed by atoms with Gasteiger partial charge in [-0.2, -0.15) is 0 Å². The molecular weight excluding hydrogens is 286 g/mol. The third-order valence-electron chi connectivity index (χ3n) is 3.18. The third-order valence-corrected chi connectivity index (χ3v) is 5.57. The second-order valence-corrected chi connectivity index (χ2v) is 6.87. The maximum absolute atomic E-state index is 11.0. The van der Waals surface area contributed by atoms with Gasteiger partial charge < -0.3 is 4.79 Å². The number of benzene rings is 2. The summed E-state index contributed by atoms with van der Waals surface area (Å²) in [5.74, 6) is 1.03. The Bertz CT molecular complexity index is 571. The molecule has 4 heteroatoms. The minimum Gasteiger partial charge on any atom is -0.301 e. The van der Waals surface area contributed by atoms with Crippen LogP contribution in [0.1, 0.15) is 0 Å². The molecule has 1 aliphatic rings. The van der Waals surface area contributed by atoms with E-state index in [1.54, 1.807) is 23.7 Å². The number of aldehydes is 1. The summed E-state index contributed by atoms with van der Waals surface area (Å²) in [6.07, 6.45) is 1.03. The summed E-state index contributed by atoms with van der Waals surface area (Å²) in [6, 6.07) is 18.9. The molecule has 20 heavy (non-hydrogen) atoms. The zero-order chi connectivity index (χ0) is 13.8. The fourth-order valence-electron chi connectivity index (χ4n) is 2.15. The zero-order valence-electron chi connectivity index (χ0n) is 10.9. The van der Waals surface area contributed by atoms with Gasteiger partial charge in [0.25, 0.3) is 0 Å². The van der Waals surface area contributed by atoms with Gasteiger partial charge in [0.1, 0.15) is 11.7 Å². The molecule has 0 radical (unpaired) electrons. The molecule has 0 amide bonds. The van der Waals surface area contributed by atoms with Gasteiger partial charge in [-0.05, 0) is 35.2 Å². The Hall–Kier alpha value is -1.23. The lowest BCUT2D eigenvalue weighted by atomic mass is 10.1. The Morgan fingerprint density at radius 3 is 2.45 bits per heavy atom. The Morgan fingerprint density at radius 2 is 1.75 bits per heavy atom. The van der Waals surface area contributed by atoms with Gasteiger partial charge in [-0.25, -0.2) is 4.31 Å². The van der Waals surface area contributed by atoms with Crippen LogP contribution in [0, 0.1) is 0 Å². The molecule has 1 saturated heterocycles. The molecule has 3 rings (SSSR count). The number of carbonyl (C=O) groups excluding carboxylic acids is 1. The molecule has 0 saturated carbocycles. The summed E-state index contributed by atoms with van der Waals surface area (Å²) in [4.78, 5) is 12.2. The van der Waals surface area contributed by atoms with Crippen molar-refractivity contribution in [2.75, 3.05) is 12.3 Å². The first kappa shape index (κ1) is 13.7. The number of rotatable bonds is 4. The van der Waals surface area contributed by atoms with E-state index in [0.717, 1.165) is 18.6 Å². The van der Waals surface area contributed by atoms with Crippen LogP contribution in [-0.2, 0) is 4.79 Å². The smallest absolute Gasteiger partial charge is 0.148 e. The molecule has 0 aliphatic carbocycles. The van der Waals surface area contributed by atoms with Crippen molar-refractivity contribution in [1.82, 2.24) is 4.31 Å². The minimum atomic E-state index is -0.00574. The second-order valence-electron chi connectivity index (χ2n) is 4.52. The topological polar surface area (TPSA) is 20.3 Å². The Kier molecular flexibility index (Phi) is 4.45. The molecule has 1 fully saturated rings. The first-order valence-electron chi connectivity index (χ1n) is 6.54. The summed E-state index contributed by atoms with van der Waals surface area (Å²) >= 11 is 3.38. The molecule has 2 aromatic rings. The molecule has 2 aromatic carbocycles. The molecule has 0 bridgehead atoms. The van der Waals surface area contributed by atoms with Crippen LogP contribution in [0.15, 0.2) is 59.5 Å². The second kappa shape index (κ2) is 6.48. The van der Waals surface area contributed by atoms with Crippen LogP contribution in [0.25, 0.3) is 11.1 Å². The summed E-state index contributed by atoms with van der Waals surface area (Å²) in [7, 11) is 0. The maximum Gasteiger partial charge on any atom is 0.148 e. The predicted octanol–water partition coefficient (Wildman–Crippen LogP) is 3.93. The van der Waals surface area contributed by atoms with E-state index in [2.05, 4.69) is 40.7 Å². The van der Waals surface area contributed by atoms with Crippen molar-refractivity contribution in [2.24, 2.45) is 0 Å². The van der Waals surface area contributed by atoms with Gasteiger partial charge in [0.15, 0.2) is 0 Å². The lowest BCUT2D eigenvalue weighted by molar-refractivity contribution is -0.108. The normalized spacial score (nSPS) is 19.1. The molecule has 102 valence electrons. The molecule has 0 spiro atoms. The standard InChI is InChI=1S/C16H15NOS2/c18-12-16-17(10-11-19-16)20-15-8-6-14(7-9-15)13-4-2-1-3-5-13/h1-9,12,16H,10-11H2. The fraction of sp³-hybridized carbons (Fsp3) is 0.188. The molecule has 0 aromatic heterocycles. The molecule has 2 nitrogen and oxygen atoms in total. The highest BCUT2D eigenvalue weighted by Gasteiger charge is 2.25. The van der Waals surface area contributed by atoms with Crippen LogP contribution in [0.3, 0.4) is 0 Å². The summed E-state index contributed by atoms with van der Waals surface area (Å²) in [5.41, 5.74) is 2.45. The highest BCUT2D eigenvalue weighted by molar-refractivity contribution is 8.03. The first-order chi connectivity index (χ1) is 9.86. The zero-order valence-corrected chi connectivity index (χ0v) is 12.6. The van der Waals surface area contributed by atoms with Gasteiger partial charge in [-0.1, -0.05) is 42.5 Å². The van der Waals surface area contributed by atoms with Gasteiger partial charge in [0.2, 0.25) is 0 Å². The molecule has 1 atom stereocenters. The molecule has 1 unspecified atom stereocenters. The maximum atomic E-state index is 11.0. The minimum absolute atomic E-state index is 0.00574. The van der Waals surface area contributed by atoms with Crippen molar-refractivity contribution in [2.45, 2.75) is 10.3 Å². The fourth-order valence-corrected chi connectivity index (χ4v) is 4.34. The average Bonchev–Trinajstić information content (AvgIpc) is 2.96. The number of nitrogens with zero attached hydrogens (tertiary/aromatic N) is 1. The van der Waals surface area contributed by atoms with E-state index in [1.807, 2.05) is 18.2 Å². The molecule has 1 aliphatic heterocycles. The lowest BCUT2D eigenvalue weighted by Gasteiger charge is -2.17. The van der Waals surface area contributed by atoms with E-state index >= 15 is 0 Å². The highest BCUT2D eigenvalue weighted by atomic mass is 32.2. The monoisotopic (exact) mass is 301 g/mol. The number of carbonyl (C=O) groups is 1. The summed E-state index contributed by atoms with van der Waals surface area (Å²) in [6.45, 7) is 0.958. The van der Waals surface area contributed by atoms with Crippen LogP contribution >= 0.6 is 23.7 Å². The van der Waals surface area contributed by atoms with Crippen LogP contribution in [0.4, 0.5) is 0 Å². The highest BCUT2D eigenvalue weighted by Crippen LogP contribution is 2.34. The Morgan fingerprint density at radius 1 is 1.05 bits per heavy atom. The van der Waals surface area contributed by atoms with Gasteiger partial charge in [0.05, 0.1) is 0 Å². The van der Waals surface area contributed by atoms with E-state index < -0.39 is 0 Å². The Balaban J connectivity index is 1.72. The van der Waals surface area contributed by atoms with Crippen molar-refractivity contribution in [3.63, 3.8) is 0 Å². The van der Waals surface area contributed by atoms with Crippen molar-refractivity contribution >= 4 is 30.0 Å². The summed E-state index contributed by atoms with van der Waals surface area (Å²) < 4.78 is 2.15. The van der Waals surface area contributed by atoms with Crippen molar-refractivity contribution in [3.8, 4) is 11.1 Å². The van der Waals surface area contributed by atoms with Crippen molar-refractivity contribution in [1.29, 1.82) is 0 Å². The average molecular weight is 301 g/mol. The van der Waals surface area contributed by atoms with E-state index in [9.17, 15) is 4.79 Å². The van der Waals surface area contributed by atoms with Crippen molar-refractivity contribution in [3.05, 3.63) is 54.6 Å². The van der Waals surface area contributed by atoms with Gasteiger partial charge in [-0.15, -0.1) is 11.8 Å². The van der Waals surface area contributed by atoms with E-state index in [1.165, 1.54) is 16.0 Å². The Labute approximate surface area is 127 Å². The van der Waals surface area contributed by atoms with Gasteiger partial charge >= 0.3 is 0 Å². The van der Waals surface area contributed by atoms with Gasteiger partial charge in [-0.3, -0.25) is 0 Å².